The van der Waals surface area contributed by atoms with Crippen LogP contribution in [0.3, 0.4) is 0 Å². The second kappa shape index (κ2) is 7.77. The Balaban J connectivity index is 2.08. The van der Waals surface area contributed by atoms with Crippen molar-refractivity contribution in [1.29, 1.82) is 5.26 Å². The van der Waals surface area contributed by atoms with E-state index in [0.717, 1.165) is 44.6 Å². The highest BCUT2D eigenvalue weighted by molar-refractivity contribution is 5.95. The number of hydrogen-bond acceptors (Lipinski definition) is 4. The number of nitrogens with one attached hydrogen (secondary N) is 1. The second-order valence-electron chi connectivity index (χ2n) is 5.95. The van der Waals surface area contributed by atoms with Gasteiger partial charge in [-0.1, -0.05) is 6.92 Å². The summed E-state index contributed by atoms with van der Waals surface area (Å²) in [6.07, 6.45) is 2.48. The van der Waals surface area contributed by atoms with Crippen molar-refractivity contribution in [2.75, 3.05) is 24.5 Å². The molecule has 1 aliphatic rings. The molecule has 0 spiro atoms. The number of hydrogen-bond donors (Lipinski definition) is 1. The summed E-state index contributed by atoms with van der Waals surface area (Å²) in [4.78, 5) is 25.7. The lowest BCUT2D eigenvalue weighted by Crippen LogP contribution is -2.41. The zero-order valence-electron chi connectivity index (χ0n) is 13.8. The van der Waals surface area contributed by atoms with Crippen LogP contribution in [0.1, 0.15) is 49.0 Å². The van der Waals surface area contributed by atoms with Gasteiger partial charge in [0.1, 0.15) is 6.07 Å². The van der Waals surface area contributed by atoms with Gasteiger partial charge in [-0.15, -0.1) is 0 Å². The van der Waals surface area contributed by atoms with Gasteiger partial charge in [0.25, 0.3) is 0 Å². The summed E-state index contributed by atoms with van der Waals surface area (Å²) in [5.41, 5.74) is 1.98. The lowest BCUT2D eigenvalue weighted by molar-refractivity contribution is -0.125. The van der Waals surface area contributed by atoms with Gasteiger partial charge in [0.2, 0.25) is 5.91 Å². The lowest BCUT2D eigenvalue weighted by atomic mass is 9.94. The highest BCUT2D eigenvalue weighted by Crippen LogP contribution is 2.27. The molecule has 1 amide bonds. The fraction of sp³-hybridized carbons (Fsp3) is 0.500. The van der Waals surface area contributed by atoms with Gasteiger partial charge in [-0.05, 0) is 44.4 Å². The Morgan fingerprint density at radius 3 is 2.61 bits per heavy atom. The van der Waals surface area contributed by atoms with Crippen LogP contribution in [0.2, 0.25) is 0 Å². The first-order valence-electron chi connectivity index (χ1n) is 8.14. The van der Waals surface area contributed by atoms with Crippen LogP contribution in [0.15, 0.2) is 18.2 Å². The maximum atomic E-state index is 12.0. The molecule has 0 aromatic heterocycles. The third-order valence-corrected chi connectivity index (χ3v) is 4.28. The zero-order valence-corrected chi connectivity index (χ0v) is 13.8. The quantitative estimate of drug-likeness (QED) is 0.848. The molecular weight excluding hydrogens is 290 g/mol. The zero-order chi connectivity index (χ0) is 16.8. The van der Waals surface area contributed by atoms with E-state index in [1.165, 1.54) is 6.92 Å². The Morgan fingerprint density at radius 1 is 1.35 bits per heavy atom. The van der Waals surface area contributed by atoms with Crippen molar-refractivity contribution in [3.63, 3.8) is 0 Å². The molecule has 23 heavy (non-hydrogen) atoms. The molecule has 1 N–H and O–H groups in total. The number of benzene rings is 1. The van der Waals surface area contributed by atoms with Gasteiger partial charge in [-0.2, -0.15) is 5.26 Å². The third-order valence-electron chi connectivity index (χ3n) is 4.28. The van der Waals surface area contributed by atoms with Crippen LogP contribution in [0.25, 0.3) is 0 Å². The van der Waals surface area contributed by atoms with Crippen LogP contribution in [0.4, 0.5) is 5.69 Å². The van der Waals surface area contributed by atoms with Crippen LogP contribution in [0.5, 0.6) is 0 Å². The highest BCUT2D eigenvalue weighted by atomic mass is 16.1. The van der Waals surface area contributed by atoms with Crippen molar-refractivity contribution in [3.8, 4) is 6.07 Å². The summed E-state index contributed by atoms with van der Waals surface area (Å²) in [5, 5.41) is 12.2. The average molecular weight is 313 g/mol. The molecule has 0 bridgehead atoms. The highest BCUT2D eigenvalue weighted by Gasteiger charge is 2.26. The van der Waals surface area contributed by atoms with E-state index in [4.69, 9.17) is 0 Å². The van der Waals surface area contributed by atoms with Crippen molar-refractivity contribution in [1.82, 2.24) is 5.32 Å². The molecule has 0 radical (unpaired) electrons. The molecule has 1 saturated heterocycles. The minimum atomic E-state index is -0.00966. The molecule has 1 aromatic carbocycles. The SMILES string of the molecule is CCCNC(=O)C1CCN(c2cc(C(C)=O)ccc2C#N)CC1. The van der Waals surface area contributed by atoms with Crippen molar-refractivity contribution in [2.24, 2.45) is 5.92 Å². The van der Waals surface area contributed by atoms with Crippen LogP contribution in [-0.4, -0.2) is 31.3 Å². The Hall–Kier alpha value is -2.35. The van der Waals surface area contributed by atoms with Gasteiger partial charge in [0, 0.05) is 31.1 Å². The molecule has 1 aromatic rings. The van der Waals surface area contributed by atoms with Crippen LogP contribution < -0.4 is 10.2 Å². The second-order valence-corrected chi connectivity index (χ2v) is 5.95. The first-order chi connectivity index (χ1) is 11.1. The van der Waals surface area contributed by atoms with E-state index in [1.807, 2.05) is 6.92 Å². The molecule has 0 aliphatic carbocycles. The number of amides is 1. The first kappa shape index (κ1) is 17.0. The van der Waals surface area contributed by atoms with Crippen molar-refractivity contribution < 1.29 is 9.59 Å². The number of nitrogens with zero attached hydrogens (tertiary/aromatic N) is 2. The third kappa shape index (κ3) is 4.10. The first-order valence-corrected chi connectivity index (χ1v) is 8.14. The number of carbonyl (C=O) groups is 2. The smallest absolute Gasteiger partial charge is 0.223 e. The Morgan fingerprint density at radius 2 is 2.04 bits per heavy atom. The van der Waals surface area contributed by atoms with Gasteiger partial charge >= 0.3 is 0 Å². The molecule has 0 saturated carbocycles. The molecular formula is C18H23N3O2. The molecule has 1 heterocycles. The molecule has 0 atom stereocenters. The number of ketones is 1. The van der Waals surface area contributed by atoms with Gasteiger partial charge in [0.05, 0.1) is 11.3 Å². The molecule has 122 valence electrons. The van der Waals surface area contributed by atoms with E-state index < -0.39 is 0 Å². The van der Waals surface area contributed by atoms with Crippen molar-refractivity contribution in [2.45, 2.75) is 33.1 Å². The van der Waals surface area contributed by atoms with Crippen molar-refractivity contribution >= 4 is 17.4 Å². The van der Waals surface area contributed by atoms with Crippen LogP contribution in [-0.2, 0) is 4.79 Å². The van der Waals surface area contributed by atoms with Gasteiger partial charge in [0.15, 0.2) is 5.78 Å². The maximum Gasteiger partial charge on any atom is 0.223 e. The average Bonchev–Trinajstić information content (AvgIpc) is 2.59. The molecule has 5 heteroatoms. The van der Waals surface area contributed by atoms with Crippen LogP contribution >= 0.6 is 0 Å². The topological polar surface area (TPSA) is 73.2 Å². The normalized spacial score (nSPS) is 15.1. The van der Waals surface area contributed by atoms with E-state index in [-0.39, 0.29) is 17.6 Å². The largest absolute Gasteiger partial charge is 0.370 e. The number of carbonyl (C=O) groups excluding carboxylic acids is 2. The van der Waals surface area contributed by atoms with Gasteiger partial charge in [-0.25, -0.2) is 0 Å². The maximum absolute atomic E-state index is 12.0. The molecule has 1 aliphatic heterocycles. The number of anilines is 1. The lowest BCUT2D eigenvalue weighted by Gasteiger charge is -2.33. The summed E-state index contributed by atoms with van der Waals surface area (Å²) >= 11 is 0. The van der Waals surface area contributed by atoms with E-state index in [9.17, 15) is 14.9 Å². The predicted molar refractivity (Wildman–Crippen MR) is 89.4 cm³/mol. The molecule has 0 unspecified atom stereocenters. The summed E-state index contributed by atoms with van der Waals surface area (Å²) in [6.45, 7) is 5.72. The molecule has 1 fully saturated rings. The Kier molecular flexibility index (Phi) is 5.75. The fourth-order valence-electron chi connectivity index (χ4n) is 2.88. The Bertz CT molecular complexity index is 626. The van der Waals surface area contributed by atoms with E-state index in [2.05, 4.69) is 16.3 Å². The minimum absolute atomic E-state index is 0.00966. The predicted octanol–water partition coefficient (Wildman–Crippen LogP) is 2.50. The monoisotopic (exact) mass is 313 g/mol. The summed E-state index contributed by atoms with van der Waals surface area (Å²) in [5.74, 6) is 0.161. The van der Waals surface area contributed by atoms with Gasteiger partial charge in [-0.3, -0.25) is 9.59 Å². The van der Waals surface area contributed by atoms with Gasteiger partial charge < -0.3 is 10.2 Å². The number of nitriles is 1. The summed E-state index contributed by atoms with van der Waals surface area (Å²) in [6, 6.07) is 7.37. The van der Waals surface area contributed by atoms with Crippen molar-refractivity contribution in [3.05, 3.63) is 29.3 Å². The number of piperidine rings is 1. The Labute approximate surface area is 137 Å². The number of Topliss-reactive ketones (excluding diaryl/α,β-unsaturated/α-hetero) is 1. The minimum Gasteiger partial charge on any atom is -0.370 e. The fourth-order valence-corrected chi connectivity index (χ4v) is 2.88. The summed E-state index contributed by atoms with van der Waals surface area (Å²) in [7, 11) is 0. The standard InChI is InChI=1S/C18H23N3O2/c1-3-8-20-18(23)14-6-9-21(10-7-14)17-11-15(13(2)22)4-5-16(17)12-19/h4-5,11,14H,3,6-10H2,1-2H3,(H,20,23). The number of rotatable bonds is 5. The molecule has 2 rings (SSSR count). The summed E-state index contributed by atoms with van der Waals surface area (Å²) < 4.78 is 0. The van der Waals surface area contributed by atoms with E-state index in [0.29, 0.717) is 11.1 Å². The van der Waals surface area contributed by atoms with Crippen LogP contribution in [0, 0.1) is 17.2 Å². The van der Waals surface area contributed by atoms with E-state index in [1.54, 1.807) is 18.2 Å². The molecule has 5 nitrogen and oxygen atoms in total. The van der Waals surface area contributed by atoms with E-state index >= 15 is 0 Å².